The monoisotopic (exact) mass is 264 g/mol. The first-order valence-corrected chi connectivity index (χ1v) is 5.82. The summed E-state index contributed by atoms with van der Waals surface area (Å²) in [7, 11) is 1.68. The van der Waals surface area contributed by atoms with Crippen molar-refractivity contribution in [3.63, 3.8) is 0 Å². The third kappa shape index (κ3) is 2.65. The molecule has 94 valence electrons. The Morgan fingerprint density at radius 3 is 2.78 bits per heavy atom. The molecule has 0 atom stereocenters. The summed E-state index contributed by atoms with van der Waals surface area (Å²) in [6.07, 6.45) is 1.69. The van der Waals surface area contributed by atoms with Crippen molar-refractivity contribution >= 4 is 17.3 Å². The zero-order valence-corrected chi connectivity index (χ0v) is 10.6. The number of aryl methyl sites for hydroxylation is 1. The average molecular weight is 265 g/mol. The Morgan fingerprint density at radius 1 is 1.33 bits per heavy atom. The van der Waals surface area contributed by atoms with Crippen LogP contribution in [-0.4, -0.2) is 9.67 Å². The van der Waals surface area contributed by atoms with E-state index in [-0.39, 0.29) is 11.3 Å². The van der Waals surface area contributed by atoms with Gasteiger partial charge in [-0.3, -0.25) is 4.79 Å². The van der Waals surface area contributed by atoms with Gasteiger partial charge < -0.3 is 15.0 Å². The van der Waals surface area contributed by atoms with Crippen molar-refractivity contribution in [3.05, 3.63) is 57.5 Å². The predicted molar refractivity (Wildman–Crippen MR) is 72.1 cm³/mol. The van der Waals surface area contributed by atoms with Gasteiger partial charge in [-0.15, -0.1) is 0 Å². The molecule has 0 amide bonds. The van der Waals surface area contributed by atoms with Crippen LogP contribution in [0, 0.1) is 0 Å². The summed E-state index contributed by atoms with van der Waals surface area (Å²) in [4.78, 5) is 11.2. The van der Waals surface area contributed by atoms with Crippen LogP contribution in [0.5, 0.6) is 5.75 Å². The number of aromatic hydroxyl groups is 1. The summed E-state index contributed by atoms with van der Waals surface area (Å²) in [6.45, 7) is 0.393. The number of nitrogens with one attached hydrogen (secondary N) is 1. The van der Waals surface area contributed by atoms with Crippen molar-refractivity contribution in [1.82, 2.24) is 4.57 Å². The van der Waals surface area contributed by atoms with Gasteiger partial charge >= 0.3 is 0 Å². The standard InChI is InChI=1S/C13H13ClN2O2/c1-16-8-9(5-6-13(16)18)15-7-10-11(14)3-2-4-12(10)17/h2-6,8,15,17H,7H2,1H3. The number of rotatable bonds is 3. The average Bonchev–Trinajstić information content (AvgIpc) is 2.33. The van der Waals surface area contributed by atoms with Crippen molar-refractivity contribution in [1.29, 1.82) is 0 Å². The molecule has 0 spiro atoms. The lowest BCUT2D eigenvalue weighted by Gasteiger charge is -2.10. The molecule has 0 saturated heterocycles. The van der Waals surface area contributed by atoms with Crippen LogP contribution in [0.25, 0.3) is 0 Å². The van der Waals surface area contributed by atoms with Crippen LogP contribution in [0.3, 0.4) is 0 Å². The first-order valence-electron chi connectivity index (χ1n) is 5.45. The Labute approximate surface area is 109 Å². The third-order valence-electron chi connectivity index (χ3n) is 2.65. The number of phenolic OH excluding ortho intramolecular Hbond substituents is 1. The van der Waals surface area contributed by atoms with E-state index < -0.39 is 0 Å². The van der Waals surface area contributed by atoms with Crippen LogP contribution >= 0.6 is 11.6 Å². The minimum absolute atomic E-state index is 0.0684. The highest BCUT2D eigenvalue weighted by atomic mass is 35.5. The second kappa shape index (κ2) is 5.14. The number of halogens is 1. The first kappa shape index (κ1) is 12.5. The molecule has 0 aliphatic rings. The molecule has 1 aromatic carbocycles. The summed E-state index contributed by atoms with van der Waals surface area (Å²) in [5.74, 6) is 0.153. The molecule has 0 unspecified atom stereocenters. The van der Waals surface area contributed by atoms with E-state index in [1.54, 1.807) is 37.5 Å². The van der Waals surface area contributed by atoms with Crippen LogP contribution in [0.2, 0.25) is 5.02 Å². The van der Waals surface area contributed by atoms with Gasteiger partial charge in [0.2, 0.25) is 5.56 Å². The highest BCUT2D eigenvalue weighted by molar-refractivity contribution is 6.31. The van der Waals surface area contributed by atoms with Crippen LogP contribution in [-0.2, 0) is 13.6 Å². The number of benzene rings is 1. The van der Waals surface area contributed by atoms with Gasteiger partial charge in [-0.1, -0.05) is 17.7 Å². The lowest BCUT2D eigenvalue weighted by Crippen LogP contribution is -2.15. The van der Waals surface area contributed by atoms with Crippen molar-refractivity contribution < 1.29 is 5.11 Å². The fourth-order valence-electron chi connectivity index (χ4n) is 1.61. The number of aromatic nitrogens is 1. The van der Waals surface area contributed by atoms with Gasteiger partial charge in [0.25, 0.3) is 0 Å². The number of hydrogen-bond acceptors (Lipinski definition) is 3. The summed E-state index contributed by atoms with van der Waals surface area (Å²) in [5.41, 5.74) is 1.35. The molecule has 4 nitrogen and oxygen atoms in total. The summed E-state index contributed by atoms with van der Waals surface area (Å²) in [5, 5.41) is 13.3. The van der Waals surface area contributed by atoms with Crippen molar-refractivity contribution in [2.75, 3.05) is 5.32 Å². The van der Waals surface area contributed by atoms with Gasteiger partial charge in [-0.25, -0.2) is 0 Å². The van der Waals surface area contributed by atoms with Gasteiger partial charge in [0, 0.05) is 36.4 Å². The SMILES string of the molecule is Cn1cc(NCc2c(O)cccc2Cl)ccc1=O. The molecular weight excluding hydrogens is 252 g/mol. The van der Waals surface area contributed by atoms with Gasteiger partial charge in [-0.05, 0) is 18.2 Å². The van der Waals surface area contributed by atoms with Crippen LogP contribution < -0.4 is 10.9 Å². The largest absolute Gasteiger partial charge is 0.508 e. The molecular formula is C13H13ClN2O2. The molecule has 2 rings (SSSR count). The summed E-state index contributed by atoms with van der Waals surface area (Å²) in [6, 6.07) is 8.17. The van der Waals surface area contributed by atoms with Crippen LogP contribution in [0.1, 0.15) is 5.56 Å². The zero-order valence-electron chi connectivity index (χ0n) is 9.85. The van der Waals surface area contributed by atoms with Gasteiger partial charge in [0.1, 0.15) is 5.75 Å². The Morgan fingerprint density at radius 2 is 2.11 bits per heavy atom. The second-order valence-electron chi connectivity index (χ2n) is 3.96. The zero-order chi connectivity index (χ0) is 13.1. The highest BCUT2D eigenvalue weighted by Crippen LogP contribution is 2.25. The van der Waals surface area contributed by atoms with E-state index >= 15 is 0 Å². The molecule has 0 aliphatic carbocycles. The summed E-state index contributed by atoms with van der Waals surface area (Å²) >= 11 is 6.00. The fourth-order valence-corrected chi connectivity index (χ4v) is 1.85. The molecule has 2 N–H and O–H groups in total. The van der Waals surface area contributed by atoms with Gasteiger partial charge in [0.15, 0.2) is 0 Å². The maximum absolute atomic E-state index is 11.2. The number of pyridine rings is 1. The first-order chi connectivity index (χ1) is 8.58. The van der Waals surface area contributed by atoms with E-state index in [0.717, 1.165) is 5.69 Å². The van der Waals surface area contributed by atoms with E-state index in [1.807, 2.05) is 0 Å². The van der Waals surface area contributed by atoms with Crippen LogP contribution in [0.15, 0.2) is 41.3 Å². The fraction of sp³-hybridized carbons (Fsp3) is 0.154. The topological polar surface area (TPSA) is 54.3 Å². The van der Waals surface area contributed by atoms with Gasteiger partial charge in [-0.2, -0.15) is 0 Å². The minimum Gasteiger partial charge on any atom is -0.508 e. The molecule has 5 heteroatoms. The summed E-state index contributed by atoms with van der Waals surface area (Å²) < 4.78 is 1.48. The molecule has 1 aromatic heterocycles. The molecule has 2 aromatic rings. The van der Waals surface area contributed by atoms with Crippen molar-refractivity contribution in [2.24, 2.45) is 7.05 Å². The van der Waals surface area contributed by atoms with Crippen molar-refractivity contribution in [2.45, 2.75) is 6.54 Å². The Bertz CT molecular complexity index is 602. The number of nitrogens with zero attached hydrogens (tertiary/aromatic N) is 1. The van der Waals surface area contributed by atoms with E-state index in [1.165, 1.54) is 10.6 Å². The van der Waals surface area contributed by atoms with Crippen molar-refractivity contribution in [3.8, 4) is 5.75 Å². The quantitative estimate of drug-likeness (QED) is 0.895. The number of phenols is 1. The normalized spacial score (nSPS) is 10.3. The van der Waals surface area contributed by atoms with Gasteiger partial charge in [0.05, 0.1) is 5.69 Å². The molecule has 1 heterocycles. The second-order valence-corrected chi connectivity index (χ2v) is 4.37. The predicted octanol–water partition coefficient (Wildman–Crippen LogP) is 2.36. The number of hydrogen-bond donors (Lipinski definition) is 2. The Kier molecular flexibility index (Phi) is 3.58. The molecule has 18 heavy (non-hydrogen) atoms. The lowest BCUT2D eigenvalue weighted by atomic mass is 10.2. The molecule has 0 bridgehead atoms. The highest BCUT2D eigenvalue weighted by Gasteiger charge is 2.05. The van der Waals surface area contributed by atoms with E-state index in [2.05, 4.69) is 5.32 Å². The Balaban J connectivity index is 2.16. The van der Waals surface area contributed by atoms with E-state index in [9.17, 15) is 9.90 Å². The van der Waals surface area contributed by atoms with E-state index in [0.29, 0.717) is 17.1 Å². The smallest absolute Gasteiger partial charge is 0.250 e. The molecule has 0 aliphatic heterocycles. The van der Waals surface area contributed by atoms with E-state index in [4.69, 9.17) is 11.6 Å². The lowest BCUT2D eigenvalue weighted by molar-refractivity contribution is 0.469. The number of anilines is 1. The Hall–Kier alpha value is -1.94. The molecule has 0 radical (unpaired) electrons. The third-order valence-corrected chi connectivity index (χ3v) is 3.00. The van der Waals surface area contributed by atoms with Crippen LogP contribution in [0.4, 0.5) is 5.69 Å². The maximum Gasteiger partial charge on any atom is 0.250 e. The molecule has 0 fully saturated rings. The molecule has 0 saturated carbocycles. The maximum atomic E-state index is 11.2. The minimum atomic E-state index is -0.0684.